The van der Waals surface area contributed by atoms with Crippen molar-refractivity contribution in [3.05, 3.63) is 42.7 Å². The Kier molecular flexibility index (Phi) is 4.45. The van der Waals surface area contributed by atoms with Crippen LogP contribution in [0.5, 0.6) is 0 Å². The number of nitrogens with zero attached hydrogens (tertiary/aromatic N) is 1. The summed E-state index contributed by atoms with van der Waals surface area (Å²) in [4.78, 5) is 43.2. The maximum atomic E-state index is 10.5. The number of nitro groups is 1. The van der Waals surface area contributed by atoms with Gasteiger partial charge in [-0.2, -0.15) is 0 Å². The Morgan fingerprint density at radius 2 is 1.93 bits per heavy atom. The summed E-state index contributed by atoms with van der Waals surface area (Å²) >= 11 is 0. The highest BCUT2D eigenvalue weighted by atomic mass is 16.6. The lowest BCUT2D eigenvalue weighted by Crippen LogP contribution is -2.24. The molecule has 82 valence electrons. The summed E-state index contributed by atoms with van der Waals surface area (Å²) in [7, 11) is 0.889. The third-order valence-electron chi connectivity index (χ3n) is 0.991. The predicted molar refractivity (Wildman–Crippen MR) is 47.6 cm³/mol. The van der Waals surface area contributed by atoms with Gasteiger partial charge in [-0.05, 0) is 0 Å². The van der Waals surface area contributed by atoms with Crippen molar-refractivity contribution in [3.63, 3.8) is 0 Å². The van der Waals surface area contributed by atoms with E-state index >= 15 is 0 Å². The Labute approximate surface area is 81.5 Å². The first kappa shape index (κ1) is 12.6. The molecule has 3 N–H and O–H groups in total. The summed E-state index contributed by atoms with van der Waals surface area (Å²) in [5, 5.41) is 17.1. The molecular formula is C6H7N3O6. The van der Waals surface area contributed by atoms with E-state index in [1.807, 2.05) is 9.97 Å². The Hall–Kier alpha value is -2.45. The van der Waals surface area contributed by atoms with Gasteiger partial charge in [0, 0.05) is 11.0 Å². The highest BCUT2D eigenvalue weighted by molar-refractivity contribution is 5.84. The number of aromatic nitrogens is 2. The van der Waals surface area contributed by atoms with E-state index in [0.717, 1.165) is 13.1 Å². The largest absolute Gasteiger partial charge is 0.477 e. The van der Waals surface area contributed by atoms with Crippen molar-refractivity contribution in [1.29, 1.82) is 0 Å². The molecule has 9 heteroatoms. The molecule has 15 heavy (non-hydrogen) atoms. The van der Waals surface area contributed by atoms with Crippen LogP contribution < -0.4 is 11.2 Å². The number of H-pyrrole nitrogens is 2. The van der Waals surface area contributed by atoms with Crippen LogP contribution in [-0.4, -0.2) is 33.0 Å². The monoisotopic (exact) mass is 217 g/mol. The Bertz CT molecular complexity index is 440. The number of hydrogen-bond acceptors (Lipinski definition) is 5. The molecule has 1 rings (SSSR count). The SMILES string of the molecule is C[N+](=O)[O-].O=C(O)c1cc(=O)[nH]c(=O)[nH]1. The van der Waals surface area contributed by atoms with Gasteiger partial charge in [0.1, 0.15) is 5.69 Å². The molecule has 0 spiro atoms. The summed E-state index contributed by atoms with van der Waals surface area (Å²) in [6.07, 6.45) is 0. The quantitative estimate of drug-likeness (QED) is 0.391. The van der Waals surface area contributed by atoms with E-state index in [1.54, 1.807) is 0 Å². The second kappa shape index (κ2) is 5.32. The zero-order valence-electron chi connectivity index (χ0n) is 7.51. The van der Waals surface area contributed by atoms with Crippen molar-refractivity contribution in [1.82, 2.24) is 9.97 Å². The molecule has 0 bridgehead atoms. The molecule has 0 aliphatic carbocycles. The van der Waals surface area contributed by atoms with Crippen molar-refractivity contribution in [2.75, 3.05) is 7.05 Å². The lowest BCUT2D eigenvalue weighted by atomic mass is 10.4. The first-order valence-corrected chi connectivity index (χ1v) is 3.48. The number of rotatable bonds is 1. The van der Waals surface area contributed by atoms with E-state index in [0.29, 0.717) is 0 Å². The van der Waals surface area contributed by atoms with Gasteiger partial charge in [-0.25, -0.2) is 9.59 Å². The van der Waals surface area contributed by atoms with Crippen molar-refractivity contribution < 1.29 is 14.8 Å². The number of carbonyl (C=O) groups is 1. The standard InChI is InChI=1S/C5H4N2O4.CH3NO2/c8-3-1-2(4(9)10)6-5(11)7-3;1-2(3)4/h1H,(H,9,10)(H2,6,7,8,11);1H3. The molecule has 1 aromatic heterocycles. The third kappa shape index (κ3) is 5.74. The fourth-order valence-corrected chi connectivity index (χ4v) is 0.584. The topological polar surface area (TPSA) is 146 Å². The lowest BCUT2D eigenvalue weighted by Gasteiger charge is -1.89. The molecule has 1 heterocycles. The van der Waals surface area contributed by atoms with Gasteiger partial charge < -0.3 is 10.1 Å². The normalized spacial score (nSPS) is 8.60. The molecule has 0 atom stereocenters. The molecule has 9 nitrogen and oxygen atoms in total. The summed E-state index contributed by atoms with van der Waals surface area (Å²) in [6.45, 7) is 0. The number of nitrogens with one attached hydrogen (secondary N) is 2. The van der Waals surface area contributed by atoms with Crippen LogP contribution in [-0.2, 0) is 0 Å². The number of carboxylic acid groups (broad SMARTS) is 1. The molecule has 0 aliphatic rings. The molecule has 1 aromatic rings. The van der Waals surface area contributed by atoms with Gasteiger partial charge >= 0.3 is 11.7 Å². The maximum Gasteiger partial charge on any atom is 0.352 e. The van der Waals surface area contributed by atoms with Crippen LogP contribution in [0.2, 0.25) is 0 Å². The van der Waals surface area contributed by atoms with E-state index in [4.69, 9.17) is 15.2 Å². The molecule has 0 saturated carbocycles. The minimum Gasteiger partial charge on any atom is -0.477 e. The average Bonchev–Trinajstić information content (AvgIpc) is 2.00. The first-order valence-electron chi connectivity index (χ1n) is 3.48. The molecule has 0 aromatic carbocycles. The number of aromatic carboxylic acids is 1. The number of carboxylic acids is 1. The van der Waals surface area contributed by atoms with Crippen LogP contribution in [0.3, 0.4) is 0 Å². The maximum absolute atomic E-state index is 10.5. The smallest absolute Gasteiger partial charge is 0.352 e. The minimum absolute atomic E-state index is 0.418. The van der Waals surface area contributed by atoms with Crippen molar-refractivity contribution in [2.45, 2.75) is 0 Å². The van der Waals surface area contributed by atoms with E-state index in [9.17, 15) is 14.4 Å². The van der Waals surface area contributed by atoms with Gasteiger partial charge in [0.05, 0.1) is 0 Å². The van der Waals surface area contributed by atoms with Crippen LogP contribution in [0.25, 0.3) is 0 Å². The number of hydrogen-bond donors (Lipinski definition) is 3. The number of aromatic amines is 2. The average molecular weight is 217 g/mol. The molecule has 0 amide bonds. The van der Waals surface area contributed by atoms with Crippen LogP contribution in [0.4, 0.5) is 0 Å². The molecule has 0 fully saturated rings. The Morgan fingerprint density at radius 3 is 2.27 bits per heavy atom. The van der Waals surface area contributed by atoms with Gasteiger partial charge in [-0.15, -0.1) is 0 Å². The van der Waals surface area contributed by atoms with Gasteiger partial charge in [0.15, 0.2) is 7.05 Å². The van der Waals surface area contributed by atoms with Gasteiger partial charge in [0.2, 0.25) is 0 Å². The van der Waals surface area contributed by atoms with E-state index in [2.05, 4.69) is 0 Å². The molecular weight excluding hydrogens is 210 g/mol. The molecule has 0 saturated heterocycles. The second-order valence-corrected chi connectivity index (χ2v) is 2.25. The predicted octanol–water partition coefficient (Wildman–Crippen LogP) is -1.35. The highest BCUT2D eigenvalue weighted by Crippen LogP contribution is 1.81. The summed E-state index contributed by atoms with van der Waals surface area (Å²) < 4.78 is 0. The summed E-state index contributed by atoms with van der Waals surface area (Å²) in [5.74, 6) is -1.34. The fourth-order valence-electron chi connectivity index (χ4n) is 0.584. The fraction of sp³-hybridized carbons (Fsp3) is 0.167. The second-order valence-electron chi connectivity index (χ2n) is 2.25. The third-order valence-corrected chi connectivity index (χ3v) is 0.991. The summed E-state index contributed by atoms with van der Waals surface area (Å²) in [6, 6.07) is 0.795. The Balaban J connectivity index is 0.000000423. The van der Waals surface area contributed by atoms with E-state index < -0.39 is 27.8 Å². The van der Waals surface area contributed by atoms with Crippen molar-refractivity contribution in [3.8, 4) is 0 Å². The zero-order chi connectivity index (χ0) is 12.0. The minimum atomic E-state index is -1.34. The zero-order valence-corrected chi connectivity index (χ0v) is 7.51. The van der Waals surface area contributed by atoms with E-state index in [1.165, 1.54) is 0 Å². The molecule has 0 unspecified atom stereocenters. The Morgan fingerprint density at radius 1 is 1.47 bits per heavy atom. The van der Waals surface area contributed by atoms with Gasteiger partial charge in [0.25, 0.3) is 5.56 Å². The lowest BCUT2D eigenvalue weighted by molar-refractivity contribution is -0.445. The summed E-state index contributed by atoms with van der Waals surface area (Å²) in [5.41, 5.74) is -1.97. The van der Waals surface area contributed by atoms with Crippen molar-refractivity contribution in [2.24, 2.45) is 0 Å². The van der Waals surface area contributed by atoms with Crippen LogP contribution >= 0.6 is 0 Å². The van der Waals surface area contributed by atoms with Gasteiger partial charge in [-0.3, -0.25) is 19.9 Å². The van der Waals surface area contributed by atoms with Crippen molar-refractivity contribution >= 4 is 5.97 Å². The molecule has 0 radical (unpaired) electrons. The molecule has 0 aliphatic heterocycles. The van der Waals surface area contributed by atoms with Crippen LogP contribution in [0, 0.1) is 10.1 Å². The highest BCUT2D eigenvalue weighted by Gasteiger charge is 2.03. The first-order chi connectivity index (χ1) is 6.82. The van der Waals surface area contributed by atoms with E-state index in [-0.39, 0.29) is 0 Å². The van der Waals surface area contributed by atoms with Crippen LogP contribution in [0.1, 0.15) is 10.5 Å². The van der Waals surface area contributed by atoms with Gasteiger partial charge in [-0.1, -0.05) is 0 Å². The van der Waals surface area contributed by atoms with Crippen LogP contribution in [0.15, 0.2) is 15.7 Å².